The minimum Gasteiger partial charge on any atom is -0.396 e. The quantitative estimate of drug-likeness (QED) is 0.686. The Kier molecular flexibility index (Phi) is 3.70. The predicted molar refractivity (Wildman–Crippen MR) is 45.6 cm³/mol. The van der Waals surface area contributed by atoms with Crippen LogP contribution in [0.15, 0.2) is 18.3 Å². The summed E-state index contributed by atoms with van der Waals surface area (Å²) in [6.07, 6.45) is 3.13. The second-order valence-corrected chi connectivity index (χ2v) is 2.59. The van der Waals surface area contributed by atoms with Crippen molar-refractivity contribution in [1.82, 2.24) is 4.98 Å². The number of nitrogens with zero attached hydrogens (tertiary/aromatic N) is 1. The van der Waals surface area contributed by atoms with Crippen LogP contribution in [-0.4, -0.2) is 21.8 Å². The number of pyridine rings is 1. The van der Waals surface area contributed by atoms with Crippen LogP contribution in [0.2, 0.25) is 0 Å². The van der Waals surface area contributed by atoms with Crippen molar-refractivity contribution in [1.29, 1.82) is 0 Å². The van der Waals surface area contributed by atoms with Crippen LogP contribution < -0.4 is 0 Å². The third kappa shape index (κ3) is 2.29. The van der Waals surface area contributed by atoms with Crippen LogP contribution in [0.1, 0.15) is 17.7 Å². The first-order chi connectivity index (χ1) is 5.88. The molecule has 0 atom stereocenters. The van der Waals surface area contributed by atoms with Crippen LogP contribution in [0.25, 0.3) is 0 Å². The Bertz CT molecular complexity index is 238. The molecule has 0 spiro atoms. The second kappa shape index (κ2) is 4.85. The molecule has 1 aromatic heterocycles. The Labute approximate surface area is 71.7 Å². The number of aromatic nitrogens is 1. The minimum atomic E-state index is 0.0224. The molecule has 0 unspecified atom stereocenters. The van der Waals surface area contributed by atoms with Gasteiger partial charge in [-0.15, -0.1) is 0 Å². The molecule has 0 saturated carbocycles. The third-order valence-corrected chi connectivity index (χ3v) is 1.73. The highest BCUT2D eigenvalue weighted by Crippen LogP contribution is 2.06. The van der Waals surface area contributed by atoms with E-state index in [1.807, 2.05) is 6.07 Å². The first-order valence-electron chi connectivity index (χ1n) is 4.03. The lowest BCUT2D eigenvalue weighted by molar-refractivity contribution is 0.275. The number of hydrogen-bond donors (Lipinski definition) is 2. The molecule has 12 heavy (non-hydrogen) atoms. The fourth-order valence-corrected chi connectivity index (χ4v) is 1.09. The first kappa shape index (κ1) is 9.16. The Morgan fingerprint density at radius 1 is 1.33 bits per heavy atom. The average Bonchev–Trinajstić information content (AvgIpc) is 2.15. The van der Waals surface area contributed by atoms with E-state index in [0.717, 1.165) is 17.7 Å². The van der Waals surface area contributed by atoms with E-state index in [-0.39, 0.29) is 13.2 Å². The number of aliphatic hydroxyl groups is 2. The molecule has 66 valence electrons. The molecule has 0 aliphatic carbocycles. The monoisotopic (exact) mass is 167 g/mol. The summed E-state index contributed by atoms with van der Waals surface area (Å²) in [6, 6.07) is 3.65. The number of hydrogen-bond acceptors (Lipinski definition) is 3. The number of rotatable bonds is 4. The van der Waals surface area contributed by atoms with E-state index >= 15 is 0 Å². The topological polar surface area (TPSA) is 53.4 Å². The van der Waals surface area contributed by atoms with Gasteiger partial charge in [-0.1, -0.05) is 6.07 Å². The van der Waals surface area contributed by atoms with Gasteiger partial charge >= 0.3 is 0 Å². The van der Waals surface area contributed by atoms with Crippen molar-refractivity contribution in [2.75, 3.05) is 6.61 Å². The van der Waals surface area contributed by atoms with Crippen molar-refractivity contribution in [3.05, 3.63) is 29.6 Å². The van der Waals surface area contributed by atoms with Gasteiger partial charge in [0.2, 0.25) is 0 Å². The van der Waals surface area contributed by atoms with Gasteiger partial charge < -0.3 is 10.2 Å². The summed E-state index contributed by atoms with van der Waals surface area (Å²) in [6.45, 7) is 0.191. The summed E-state index contributed by atoms with van der Waals surface area (Å²) >= 11 is 0. The Morgan fingerprint density at radius 3 is 2.83 bits per heavy atom. The lowest BCUT2D eigenvalue weighted by Gasteiger charge is -2.03. The molecule has 0 fully saturated rings. The zero-order valence-corrected chi connectivity index (χ0v) is 6.90. The molecule has 1 rings (SSSR count). The lowest BCUT2D eigenvalue weighted by Crippen LogP contribution is -1.98. The summed E-state index contributed by atoms with van der Waals surface area (Å²) in [4.78, 5) is 4.12. The van der Waals surface area contributed by atoms with Crippen molar-refractivity contribution in [2.45, 2.75) is 19.4 Å². The van der Waals surface area contributed by atoms with Crippen LogP contribution in [0.3, 0.4) is 0 Å². The van der Waals surface area contributed by atoms with E-state index in [2.05, 4.69) is 4.98 Å². The summed E-state index contributed by atoms with van der Waals surface area (Å²) in [5, 5.41) is 17.5. The van der Waals surface area contributed by atoms with Crippen molar-refractivity contribution in [2.24, 2.45) is 0 Å². The SMILES string of the molecule is OCCCc1ncccc1CO. The Morgan fingerprint density at radius 2 is 2.17 bits per heavy atom. The summed E-state index contributed by atoms with van der Waals surface area (Å²) in [5.41, 5.74) is 1.74. The van der Waals surface area contributed by atoms with Gasteiger partial charge in [0.25, 0.3) is 0 Å². The van der Waals surface area contributed by atoms with E-state index in [1.54, 1.807) is 12.3 Å². The van der Waals surface area contributed by atoms with Gasteiger partial charge in [-0.05, 0) is 24.5 Å². The van der Waals surface area contributed by atoms with E-state index in [9.17, 15) is 0 Å². The molecule has 3 heteroatoms. The highest BCUT2D eigenvalue weighted by atomic mass is 16.3. The van der Waals surface area contributed by atoms with Crippen molar-refractivity contribution >= 4 is 0 Å². The van der Waals surface area contributed by atoms with Crippen molar-refractivity contribution < 1.29 is 10.2 Å². The molecule has 0 radical (unpaired) electrons. The maximum absolute atomic E-state index is 8.92. The maximum atomic E-state index is 8.92. The second-order valence-electron chi connectivity index (χ2n) is 2.59. The van der Waals surface area contributed by atoms with Gasteiger partial charge in [-0.3, -0.25) is 4.98 Å². The van der Waals surface area contributed by atoms with Gasteiger partial charge in [0.1, 0.15) is 0 Å². The van der Waals surface area contributed by atoms with E-state index < -0.39 is 0 Å². The first-order valence-corrected chi connectivity index (χ1v) is 4.03. The molecule has 0 amide bonds. The van der Waals surface area contributed by atoms with E-state index in [1.165, 1.54) is 0 Å². The summed E-state index contributed by atoms with van der Waals surface area (Å²) in [7, 11) is 0. The average molecular weight is 167 g/mol. The molecule has 2 N–H and O–H groups in total. The highest BCUT2D eigenvalue weighted by molar-refractivity contribution is 5.18. The number of aryl methyl sites for hydroxylation is 1. The minimum absolute atomic E-state index is 0.0224. The van der Waals surface area contributed by atoms with E-state index in [0.29, 0.717) is 6.42 Å². The van der Waals surface area contributed by atoms with Crippen LogP contribution >= 0.6 is 0 Å². The summed E-state index contributed by atoms with van der Waals surface area (Å²) < 4.78 is 0. The smallest absolute Gasteiger partial charge is 0.0699 e. The molecule has 1 heterocycles. The molecular formula is C9H13NO2. The molecule has 1 aromatic rings. The van der Waals surface area contributed by atoms with Gasteiger partial charge in [0.15, 0.2) is 0 Å². The molecule has 0 bridgehead atoms. The van der Waals surface area contributed by atoms with Gasteiger partial charge in [0.05, 0.1) is 6.61 Å². The Hall–Kier alpha value is -0.930. The van der Waals surface area contributed by atoms with Crippen LogP contribution in [0, 0.1) is 0 Å². The zero-order valence-electron chi connectivity index (χ0n) is 6.90. The fraction of sp³-hybridized carbons (Fsp3) is 0.444. The van der Waals surface area contributed by atoms with Gasteiger partial charge in [-0.2, -0.15) is 0 Å². The molecular weight excluding hydrogens is 154 g/mol. The molecule has 0 saturated heterocycles. The third-order valence-electron chi connectivity index (χ3n) is 1.73. The maximum Gasteiger partial charge on any atom is 0.0699 e. The fourth-order valence-electron chi connectivity index (χ4n) is 1.09. The molecule has 3 nitrogen and oxygen atoms in total. The molecule has 0 aromatic carbocycles. The van der Waals surface area contributed by atoms with Gasteiger partial charge in [0, 0.05) is 18.5 Å². The predicted octanol–water partition coefficient (Wildman–Crippen LogP) is 0.499. The summed E-state index contributed by atoms with van der Waals surface area (Å²) in [5.74, 6) is 0. The zero-order chi connectivity index (χ0) is 8.81. The number of aliphatic hydroxyl groups excluding tert-OH is 2. The largest absolute Gasteiger partial charge is 0.396 e. The van der Waals surface area contributed by atoms with E-state index in [4.69, 9.17) is 10.2 Å². The van der Waals surface area contributed by atoms with Crippen molar-refractivity contribution in [3.8, 4) is 0 Å². The standard InChI is InChI=1S/C9H13NO2/c11-6-2-4-9-8(7-12)3-1-5-10-9/h1,3,5,11-12H,2,4,6-7H2. The molecule has 0 aliphatic rings. The molecule has 0 aliphatic heterocycles. The van der Waals surface area contributed by atoms with Gasteiger partial charge in [-0.25, -0.2) is 0 Å². The Balaban J connectivity index is 2.68. The highest BCUT2D eigenvalue weighted by Gasteiger charge is 2.00. The lowest BCUT2D eigenvalue weighted by atomic mass is 10.1. The normalized spacial score (nSPS) is 10.2. The van der Waals surface area contributed by atoms with Crippen LogP contribution in [0.5, 0.6) is 0 Å². The van der Waals surface area contributed by atoms with Crippen LogP contribution in [0.4, 0.5) is 0 Å². The van der Waals surface area contributed by atoms with Crippen LogP contribution in [-0.2, 0) is 13.0 Å². The van der Waals surface area contributed by atoms with Crippen molar-refractivity contribution in [3.63, 3.8) is 0 Å².